The first-order chi connectivity index (χ1) is 16.3. The Labute approximate surface area is 197 Å². The Kier molecular flexibility index (Phi) is 8.17. The van der Waals surface area contributed by atoms with Crippen LogP contribution in [0, 0.1) is 17.2 Å². The van der Waals surface area contributed by atoms with Gasteiger partial charge in [0, 0.05) is 19.0 Å². The zero-order valence-corrected chi connectivity index (χ0v) is 19.5. The topological polar surface area (TPSA) is 129 Å². The maximum atomic E-state index is 13.6. The van der Waals surface area contributed by atoms with Crippen molar-refractivity contribution in [3.05, 3.63) is 58.8 Å². The number of hydrogen-bond donors (Lipinski definition) is 1. The Balaban J connectivity index is 1.67. The Morgan fingerprint density at radius 3 is 2.53 bits per heavy atom. The van der Waals surface area contributed by atoms with Crippen LogP contribution in [0.5, 0.6) is 0 Å². The van der Waals surface area contributed by atoms with Gasteiger partial charge in [0.05, 0.1) is 29.2 Å². The average Bonchev–Trinajstić information content (AvgIpc) is 2.83. The normalized spacial score (nSPS) is 14.3. The van der Waals surface area contributed by atoms with Crippen molar-refractivity contribution in [3.8, 4) is 6.07 Å². The number of piperidine rings is 1. The Bertz CT molecular complexity index is 1190. The molecule has 1 aliphatic rings. The van der Waals surface area contributed by atoms with Crippen LogP contribution in [0.4, 0.5) is 10.2 Å². The number of rotatable bonds is 8. The van der Waals surface area contributed by atoms with Crippen LogP contribution in [-0.4, -0.2) is 45.0 Å². The quantitative estimate of drug-likeness (QED) is 0.561. The molecule has 1 aliphatic heterocycles. The van der Waals surface area contributed by atoms with E-state index in [0.717, 1.165) is 0 Å². The highest BCUT2D eigenvalue weighted by Gasteiger charge is 2.30. The highest BCUT2D eigenvalue weighted by Crippen LogP contribution is 2.27. The van der Waals surface area contributed by atoms with E-state index in [0.29, 0.717) is 31.5 Å². The first-order valence-corrected chi connectivity index (χ1v) is 12.4. The Morgan fingerprint density at radius 1 is 1.26 bits per heavy atom. The number of ether oxygens (including phenoxy) is 1. The number of nitriles is 1. The largest absolute Gasteiger partial charge is 0.462 e. The summed E-state index contributed by atoms with van der Waals surface area (Å²) in [5.41, 5.74) is 0.443. The van der Waals surface area contributed by atoms with E-state index >= 15 is 0 Å². The molecule has 0 radical (unpaired) electrons. The standard InChI is InChI=1S/C23H25FN4O5S/c1-2-33-23(30)19-12-18(14-25)21(26-20(19)13-24)28-10-8-17(9-11-28)22(29)27-34(31,32)15-16-6-4-3-5-7-16/h3-7,12,17H,2,8-11,13,15H2,1H3,(H,27,29). The SMILES string of the molecule is CCOC(=O)c1cc(C#N)c(N2CCC(C(=O)NS(=O)(=O)Cc3ccccc3)CC2)nc1CF. The minimum atomic E-state index is -3.84. The molecule has 0 bridgehead atoms. The molecule has 1 saturated heterocycles. The number of nitrogens with one attached hydrogen (secondary N) is 1. The maximum Gasteiger partial charge on any atom is 0.340 e. The maximum absolute atomic E-state index is 13.6. The van der Waals surface area contributed by atoms with Gasteiger partial charge in [0.15, 0.2) is 0 Å². The Morgan fingerprint density at radius 2 is 1.94 bits per heavy atom. The van der Waals surface area contributed by atoms with E-state index in [2.05, 4.69) is 9.71 Å². The minimum Gasteiger partial charge on any atom is -0.462 e. The molecule has 1 amide bonds. The summed E-state index contributed by atoms with van der Waals surface area (Å²) in [6.07, 6.45) is 0.646. The number of amides is 1. The van der Waals surface area contributed by atoms with Crippen molar-refractivity contribution in [2.45, 2.75) is 32.2 Å². The Hall–Kier alpha value is -3.52. The van der Waals surface area contributed by atoms with Crippen molar-refractivity contribution >= 4 is 27.7 Å². The summed E-state index contributed by atoms with van der Waals surface area (Å²) in [5, 5.41) is 9.54. The van der Waals surface area contributed by atoms with Crippen LogP contribution in [0.3, 0.4) is 0 Å². The molecule has 180 valence electrons. The van der Waals surface area contributed by atoms with Gasteiger partial charge in [-0.05, 0) is 31.4 Å². The van der Waals surface area contributed by atoms with Crippen molar-refractivity contribution in [2.24, 2.45) is 5.92 Å². The number of benzene rings is 1. The third-order valence-corrected chi connectivity index (χ3v) is 6.67. The molecule has 0 saturated carbocycles. The first kappa shape index (κ1) is 25.1. The zero-order valence-electron chi connectivity index (χ0n) is 18.7. The minimum absolute atomic E-state index is 0.0913. The van der Waals surface area contributed by atoms with Crippen LogP contribution in [0.25, 0.3) is 0 Å². The van der Waals surface area contributed by atoms with E-state index in [1.807, 2.05) is 6.07 Å². The second-order valence-corrected chi connectivity index (χ2v) is 9.51. The lowest BCUT2D eigenvalue weighted by Gasteiger charge is -2.32. The van der Waals surface area contributed by atoms with E-state index in [-0.39, 0.29) is 35.0 Å². The molecule has 0 aliphatic carbocycles. The summed E-state index contributed by atoms with van der Waals surface area (Å²) in [6.45, 7) is 1.33. The predicted octanol–water partition coefficient (Wildman–Crippen LogP) is 2.46. The fourth-order valence-electron chi connectivity index (χ4n) is 3.77. The van der Waals surface area contributed by atoms with Gasteiger partial charge in [0.2, 0.25) is 15.9 Å². The summed E-state index contributed by atoms with van der Waals surface area (Å²) in [4.78, 5) is 30.6. The van der Waals surface area contributed by atoms with Crippen LogP contribution in [0.2, 0.25) is 0 Å². The summed E-state index contributed by atoms with van der Waals surface area (Å²) in [7, 11) is -3.84. The van der Waals surface area contributed by atoms with Crippen molar-refractivity contribution in [2.75, 3.05) is 24.6 Å². The van der Waals surface area contributed by atoms with Gasteiger partial charge in [-0.15, -0.1) is 0 Å². The average molecular weight is 489 g/mol. The van der Waals surface area contributed by atoms with Crippen LogP contribution < -0.4 is 9.62 Å². The summed E-state index contributed by atoms with van der Waals surface area (Å²) >= 11 is 0. The fourth-order valence-corrected chi connectivity index (χ4v) is 4.95. The molecule has 2 aromatic rings. The molecular formula is C23H25FN4O5S. The number of carbonyl (C=O) groups excluding carboxylic acids is 2. The third-order valence-electron chi connectivity index (χ3n) is 5.44. The van der Waals surface area contributed by atoms with Gasteiger partial charge in [0.25, 0.3) is 0 Å². The number of pyridine rings is 1. The van der Waals surface area contributed by atoms with E-state index in [1.165, 1.54) is 6.07 Å². The van der Waals surface area contributed by atoms with Gasteiger partial charge >= 0.3 is 5.97 Å². The molecule has 34 heavy (non-hydrogen) atoms. The van der Waals surface area contributed by atoms with Crippen LogP contribution >= 0.6 is 0 Å². The molecule has 1 fully saturated rings. The second kappa shape index (κ2) is 11.1. The number of halogens is 1. The number of sulfonamides is 1. The number of esters is 1. The molecule has 2 heterocycles. The first-order valence-electron chi connectivity index (χ1n) is 10.8. The number of anilines is 1. The monoisotopic (exact) mass is 488 g/mol. The molecule has 9 nitrogen and oxygen atoms in total. The lowest BCUT2D eigenvalue weighted by atomic mass is 9.96. The number of alkyl halides is 1. The molecule has 0 atom stereocenters. The van der Waals surface area contributed by atoms with E-state index in [1.54, 1.807) is 42.2 Å². The van der Waals surface area contributed by atoms with Gasteiger partial charge in [-0.1, -0.05) is 30.3 Å². The number of carbonyl (C=O) groups is 2. The second-order valence-electron chi connectivity index (χ2n) is 7.79. The number of hydrogen-bond acceptors (Lipinski definition) is 8. The number of nitrogens with zero attached hydrogens (tertiary/aromatic N) is 3. The molecular weight excluding hydrogens is 463 g/mol. The highest BCUT2D eigenvalue weighted by atomic mass is 32.2. The van der Waals surface area contributed by atoms with Gasteiger partial charge in [-0.25, -0.2) is 22.6 Å². The lowest BCUT2D eigenvalue weighted by molar-refractivity contribution is -0.123. The van der Waals surface area contributed by atoms with Crippen LogP contribution in [0.15, 0.2) is 36.4 Å². The molecule has 0 spiro atoms. The van der Waals surface area contributed by atoms with Crippen LogP contribution in [-0.2, 0) is 32.0 Å². The third kappa shape index (κ3) is 6.08. The molecule has 0 unspecified atom stereocenters. The van der Waals surface area contributed by atoms with Crippen molar-refractivity contribution in [3.63, 3.8) is 0 Å². The van der Waals surface area contributed by atoms with Crippen LogP contribution in [0.1, 0.15) is 46.9 Å². The fraction of sp³-hybridized carbons (Fsp3) is 0.391. The predicted molar refractivity (Wildman–Crippen MR) is 122 cm³/mol. The summed E-state index contributed by atoms with van der Waals surface area (Å²) in [6, 6.07) is 11.8. The zero-order chi connectivity index (χ0) is 24.7. The molecule has 11 heteroatoms. The van der Waals surface area contributed by atoms with Crippen molar-refractivity contribution in [1.29, 1.82) is 5.26 Å². The summed E-state index contributed by atoms with van der Waals surface area (Å²) in [5.74, 6) is -1.94. The van der Waals surface area contributed by atoms with Gasteiger partial charge < -0.3 is 9.64 Å². The van der Waals surface area contributed by atoms with E-state index in [9.17, 15) is 27.7 Å². The van der Waals surface area contributed by atoms with Gasteiger partial charge in [0.1, 0.15) is 18.6 Å². The molecule has 1 aromatic carbocycles. The smallest absolute Gasteiger partial charge is 0.340 e. The number of aromatic nitrogens is 1. The summed E-state index contributed by atoms with van der Waals surface area (Å²) < 4.78 is 45.4. The van der Waals surface area contributed by atoms with Crippen molar-refractivity contribution in [1.82, 2.24) is 9.71 Å². The highest BCUT2D eigenvalue weighted by molar-refractivity contribution is 7.89. The lowest BCUT2D eigenvalue weighted by Crippen LogP contribution is -2.43. The van der Waals surface area contributed by atoms with Crippen molar-refractivity contribution < 1.29 is 27.1 Å². The molecule has 1 aromatic heterocycles. The van der Waals surface area contributed by atoms with Gasteiger partial charge in [-0.2, -0.15) is 5.26 Å². The molecule has 3 rings (SSSR count). The van der Waals surface area contributed by atoms with Gasteiger partial charge in [-0.3, -0.25) is 9.52 Å². The van der Waals surface area contributed by atoms with E-state index in [4.69, 9.17) is 4.74 Å². The van der Waals surface area contributed by atoms with E-state index < -0.39 is 34.5 Å². The molecule has 1 N–H and O–H groups in total.